The number of sulfonamides is 1. The van der Waals surface area contributed by atoms with E-state index in [0.717, 1.165) is 27.6 Å². The Kier molecular flexibility index (Phi) is 10.1. The molecule has 0 aliphatic heterocycles. The SMILES string of the molecule is CCC(C(=O)NC(C)C)N(Cc1ccc(Cl)cc1)C(=O)CN(c1ccc(F)cc1)S(=O)(=O)c1ccc(C)cc1. The summed E-state index contributed by atoms with van der Waals surface area (Å²) in [4.78, 5) is 28.4. The molecule has 3 rings (SSSR count). The first-order valence-corrected chi connectivity index (χ1v) is 14.4. The second-order valence-corrected chi connectivity index (χ2v) is 11.8. The lowest BCUT2D eigenvalue weighted by Crippen LogP contribution is -2.53. The Morgan fingerprint density at radius 1 is 0.949 bits per heavy atom. The number of hydrogen-bond donors (Lipinski definition) is 1. The minimum atomic E-state index is -4.22. The van der Waals surface area contributed by atoms with Crippen LogP contribution >= 0.6 is 11.6 Å². The molecule has 3 aromatic carbocycles. The fraction of sp³-hybridized carbons (Fsp3) is 0.310. The Labute approximate surface area is 234 Å². The number of carbonyl (C=O) groups is 2. The van der Waals surface area contributed by atoms with Crippen LogP contribution in [-0.2, 0) is 26.2 Å². The standard InChI is InChI=1S/C29H33ClFN3O4S/c1-5-27(29(36)32-20(2)3)33(18-22-8-10-23(30)11-9-22)28(35)19-34(25-14-12-24(31)13-15-25)39(37,38)26-16-6-21(4)7-17-26/h6-17,20,27H,5,18-19H2,1-4H3,(H,32,36). The molecule has 1 N–H and O–H groups in total. The zero-order valence-corrected chi connectivity index (χ0v) is 24.0. The van der Waals surface area contributed by atoms with Crippen LogP contribution in [0.15, 0.2) is 77.7 Å². The van der Waals surface area contributed by atoms with Crippen molar-refractivity contribution in [2.24, 2.45) is 0 Å². The van der Waals surface area contributed by atoms with E-state index in [1.165, 1.54) is 29.2 Å². The van der Waals surface area contributed by atoms with Gasteiger partial charge in [0.15, 0.2) is 0 Å². The topological polar surface area (TPSA) is 86.8 Å². The number of amides is 2. The monoisotopic (exact) mass is 573 g/mol. The minimum absolute atomic E-state index is 0.0148. The maximum absolute atomic E-state index is 13.9. The minimum Gasteiger partial charge on any atom is -0.352 e. The first-order valence-electron chi connectivity index (χ1n) is 12.6. The highest BCUT2D eigenvalue weighted by Gasteiger charge is 2.33. The van der Waals surface area contributed by atoms with Gasteiger partial charge in [0.05, 0.1) is 10.6 Å². The quantitative estimate of drug-likeness (QED) is 0.337. The maximum Gasteiger partial charge on any atom is 0.264 e. The van der Waals surface area contributed by atoms with E-state index in [4.69, 9.17) is 11.6 Å². The van der Waals surface area contributed by atoms with Crippen LogP contribution in [0.25, 0.3) is 0 Å². The van der Waals surface area contributed by atoms with Crippen LogP contribution in [0, 0.1) is 12.7 Å². The van der Waals surface area contributed by atoms with E-state index in [1.54, 1.807) is 43.3 Å². The average Bonchev–Trinajstić information content (AvgIpc) is 2.88. The van der Waals surface area contributed by atoms with E-state index < -0.39 is 34.3 Å². The van der Waals surface area contributed by atoms with Gasteiger partial charge in [-0.15, -0.1) is 0 Å². The average molecular weight is 574 g/mol. The number of nitrogens with zero attached hydrogens (tertiary/aromatic N) is 2. The highest BCUT2D eigenvalue weighted by atomic mass is 35.5. The van der Waals surface area contributed by atoms with E-state index in [-0.39, 0.29) is 29.1 Å². The van der Waals surface area contributed by atoms with Crippen molar-refractivity contribution in [2.45, 2.75) is 57.6 Å². The summed E-state index contributed by atoms with van der Waals surface area (Å²) < 4.78 is 42.2. The number of halogens is 2. The molecule has 2 amide bonds. The van der Waals surface area contributed by atoms with Crippen molar-refractivity contribution in [2.75, 3.05) is 10.8 Å². The first-order chi connectivity index (χ1) is 18.4. The number of nitrogens with one attached hydrogen (secondary N) is 1. The van der Waals surface area contributed by atoms with Crippen molar-refractivity contribution in [1.82, 2.24) is 10.2 Å². The Hall–Kier alpha value is -3.43. The summed E-state index contributed by atoms with van der Waals surface area (Å²) in [6.07, 6.45) is 0.305. The van der Waals surface area contributed by atoms with Crippen LogP contribution in [0.1, 0.15) is 38.3 Å². The second-order valence-electron chi connectivity index (χ2n) is 9.54. The number of anilines is 1. The van der Waals surface area contributed by atoms with Gasteiger partial charge in [0.1, 0.15) is 18.4 Å². The zero-order chi connectivity index (χ0) is 28.7. The summed E-state index contributed by atoms with van der Waals surface area (Å²) in [7, 11) is -4.22. The molecule has 0 heterocycles. The predicted molar refractivity (Wildman–Crippen MR) is 151 cm³/mol. The number of benzene rings is 3. The van der Waals surface area contributed by atoms with Crippen LogP contribution < -0.4 is 9.62 Å². The van der Waals surface area contributed by atoms with E-state index in [9.17, 15) is 22.4 Å². The van der Waals surface area contributed by atoms with Gasteiger partial charge in [0.25, 0.3) is 10.0 Å². The molecule has 0 aromatic heterocycles. The molecular weight excluding hydrogens is 541 g/mol. The third kappa shape index (κ3) is 7.80. The van der Waals surface area contributed by atoms with Crippen LogP contribution in [0.3, 0.4) is 0 Å². The van der Waals surface area contributed by atoms with Gasteiger partial charge in [-0.05, 0) is 81.3 Å². The summed E-state index contributed by atoms with van der Waals surface area (Å²) in [6.45, 7) is 6.72. The van der Waals surface area contributed by atoms with E-state index in [0.29, 0.717) is 11.4 Å². The maximum atomic E-state index is 13.9. The summed E-state index contributed by atoms with van der Waals surface area (Å²) in [5.41, 5.74) is 1.71. The third-order valence-electron chi connectivity index (χ3n) is 6.09. The normalized spacial score (nSPS) is 12.2. The molecule has 0 saturated heterocycles. The van der Waals surface area contributed by atoms with Gasteiger partial charge in [-0.2, -0.15) is 0 Å². The highest BCUT2D eigenvalue weighted by Crippen LogP contribution is 2.25. The number of hydrogen-bond acceptors (Lipinski definition) is 4. The van der Waals surface area contributed by atoms with Gasteiger partial charge < -0.3 is 10.2 Å². The Morgan fingerprint density at radius 2 is 1.54 bits per heavy atom. The smallest absolute Gasteiger partial charge is 0.264 e. The van der Waals surface area contributed by atoms with Crippen LogP contribution in [0.2, 0.25) is 5.02 Å². The fourth-order valence-corrected chi connectivity index (χ4v) is 5.60. The van der Waals surface area contributed by atoms with E-state index in [1.807, 2.05) is 20.8 Å². The van der Waals surface area contributed by atoms with Gasteiger partial charge in [0.2, 0.25) is 11.8 Å². The molecule has 39 heavy (non-hydrogen) atoms. The van der Waals surface area contributed by atoms with Crippen molar-refractivity contribution in [3.63, 3.8) is 0 Å². The van der Waals surface area contributed by atoms with Gasteiger partial charge in [-0.1, -0.05) is 48.4 Å². The zero-order valence-electron chi connectivity index (χ0n) is 22.4. The van der Waals surface area contributed by atoms with Crippen molar-refractivity contribution in [1.29, 1.82) is 0 Å². The van der Waals surface area contributed by atoms with Crippen LogP contribution in [0.4, 0.5) is 10.1 Å². The first kappa shape index (κ1) is 30.1. The second kappa shape index (κ2) is 13.1. The molecule has 1 atom stereocenters. The molecule has 0 saturated carbocycles. The van der Waals surface area contributed by atoms with Crippen LogP contribution in [-0.4, -0.2) is 43.8 Å². The van der Waals surface area contributed by atoms with Crippen molar-refractivity contribution >= 4 is 39.1 Å². The predicted octanol–water partition coefficient (Wildman–Crippen LogP) is 5.31. The molecular formula is C29H33ClFN3O4S. The Morgan fingerprint density at radius 3 is 2.08 bits per heavy atom. The molecule has 0 fully saturated rings. The molecule has 7 nitrogen and oxygen atoms in total. The van der Waals surface area contributed by atoms with Gasteiger partial charge in [-0.3, -0.25) is 13.9 Å². The van der Waals surface area contributed by atoms with Gasteiger partial charge >= 0.3 is 0 Å². The molecule has 1 unspecified atom stereocenters. The summed E-state index contributed by atoms with van der Waals surface area (Å²) in [6, 6.07) is 17.0. The van der Waals surface area contributed by atoms with E-state index >= 15 is 0 Å². The molecule has 0 radical (unpaired) electrons. The third-order valence-corrected chi connectivity index (χ3v) is 8.13. The largest absolute Gasteiger partial charge is 0.352 e. The Balaban J connectivity index is 2.05. The molecule has 0 bridgehead atoms. The lowest BCUT2D eigenvalue weighted by molar-refractivity contribution is -0.140. The highest BCUT2D eigenvalue weighted by molar-refractivity contribution is 7.92. The molecule has 208 valence electrons. The van der Waals surface area contributed by atoms with Crippen molar-refractivity contribution in [3.8, 4) is 0 Å². The number of rotatable bonds is 11. The van der Waals surface area contributed by atoms with Gasteiger partial charge in [0, 0.05) is 17.6 Å². The lowest BCUT2D eigenvalue weighted by Gasteiger charge is -2.33. The van der Waals surface area contributed by atoms with E-state index in [2.05, 4.69) is 5.32 Å². The number of carbonyl (C=O) groups excluding carboxylic acids is 2. The summed E-state index contributed by atoms with van der Waals surface area (Å²) >= 11 is 6.03. The Bertz CT molecular complexity index is 1380. The molecule has 3 aromatic rings. The lowest BCUT2D eigenvalue weighted by atomic mass is 10.1. The molecule has 10 heteroatoms. The van der Waals surface area contributed by atoms with Crippen LogP contribution in [0.5, 0.6) is 0 Å². The van der Waals surface area contributed by atoms with Crippen molar-refractivity contribution in [3.05, 3.63) is 94.8 Å². The fourth-order valence-electron chi connectivity index (χ4n) is 4.06. The van der Waals surface area contributed by atoms with Gasteiger partial charge in [-0.25, -0.2) is 12.8 Å². The summed E-state index contributed by atoms with van der Waals surface area (Å²) in [5, 5.41) is 3.37. The molecule has 0 aliphatic carbocycles. The number of aryl methyl sites for hydroxylation is 1. The molecule has 0 spiro atoms. The van der Waals surface area contributed by atoms with Crippen molar-refractivity contribution < 1.29 is 22.4 Å². The summed E-state index contributed by atoms with van der Waals surface area (Å²) in [5.74, 6) is -1.47. The molecule has 0 aliphatic rings.